The Morgan fingerprint density at radius 3 is 2.78 bits per heavy atom. The fourth-order valence-corrected chi connectivity index (χ4v) is 3.47. The maximum atomic E-state index is 12.7. The Bertz CT molecular complexity index is 1060. The van der Waals surface area contributed by atoms with E-state index in [0.717, 1.165) is 21.1 Å². The number of hydrogen-bond acceptors (Lipinski definition) is 5. The molecule has 1 atom stereocenters. The van der Waals surface area contributed by atoms with E-state index >= 15 is 0 Å². The number of aliphatic hydroxyl groups is 1. The molecule has 1 amide bonds. The molecule has 2 aromatic heterocycles. The Balaban J connectivity index is 1.65. The highest BCUT2D eigenvalue weighted by Crippen LogP contribution is 2.38. The van der Waals surface area contributed by atoms with Gasteiger partial charge >= 0.3 is 0 Å². The zero-order chi connectivity index (χ0) is 19.0. The molecule has 0 spiro atoms. The molecule has 1 aliphatic rings. The van der Waals surface area contributed by atoms with Crippen molar-refractivity contribution in [3.05, 3.63) is 70.3 Å². The molecule has 1 aromatic carbocycles. The molecular formula is C20H20N4O3. The topological polar surface area (TPSA) is 97.1 Å². The number of aryl methyl sites for hydroxylation is 1. The molecule has 2 heterocycles. The van der Waals surface area contributed by atoms with Gasteiger partial charge in [0.15, 0.2) is 0 Å². The third-order valence-electron chi connectivity index (χ3n) is 5.07. The summed E-state index contributed by atoms with van der Waals surface area (Å²) in [6.45, 7) is 0. The van der Waals surface area contributed by atoms with Gasteiger partial charge in [-0.3, -0.25) is 14.6 Å². The van der Waals surface area contributed by atoms with Gasteiger partial charge in [-0.1, -0.05) is 18.2 Å². The first-order valence-corrected chi connectivity index (χ1v) is 8.89. The molecule has 1 fully saturated rings. The van der Waals surface area contributed by atoms with Gasteiger partial charge in [-0.15, -0.1) is 0 Å². The zero-order valence-corrected chi connectivity index (χ0v) is 14.9. The SMILES string of the molecule is Cn1nc(C(=O)NC(c2cnc3ccccc3c2)C2CC(O)C2)ccc1=O. The molecule has 3 aromatic rings. The minimum absolute atomic E-state index is 0.124. The molecule has 2 N–H and O–H groups in total. The Morgan fingerprint density at radius 2 is 2.04 bits per heavy atom. The smallest absolute Gasteiger partial charge is 0.272 e. The maximum absolute atomic E-state index is 12.7. The Morgan fingerprint density at radius 1 is 1.26 bits per heavy atom. The van der Waals surface area contributed by atoms with Crippen LogP contribution in [0.25, 0.3) is 10.9 Å². The Kier molecular flexibility index (Phi) is 4.45. The van der Waals surface area contributed by atoms with Crippen LogP contribution in [-0.2, 0) is 7.05 Å². The molecule has 1 aliphatic carbocycles. The van der Waals surface area contributed by atoms with Gasteiger partial charge in [0.05, 0.1) is 17.7 Å². The van der Waals surface area contributed by atoms with Gasteiger partial charge in [0.25, 0.3) is 11.5 Å². The van der Waals surface area contributed by atoms with Gasteiger partial charge in [0.1, 0.15) is 5.69 Å². The van der Waals surface area contributed by atoms with Gasteiger partial charge in [0.2, 0.25) is 0 Å². The lowest BCUT2D eigenvalue weighted by Crippen LogP contribution is -2.42. The van der Waals surface area contributed by atoms with Gasteiger partial charge in [-0.05, 0) is 42.5 Å². The molecule has 1 unspecified atom stereocenters. The normalized spacial score (nSPS) is 20.1. The molecule has 0 saturated heterocycles. The number of aliphatic hydroxyl groups excluding tert-OH is 1. The lowest BCUT2D eigenvalue weighted by atomic mass is 9.75. The molecule has 1 saturated carbocycles. The predicted molar refractivity (Wildman–Crippen MR) is 100 cm³/mol. The lowest BCUT2D eigenvalue weighted by Gasteiger charge is -2.38. The van der Waals surface area contributed by atoms with E-state index < -0.39 is 0 Å². The number of nitrogens with zero attached hydrogens (tertiary/aromatic N) is 3. The van der Waals surface area contributed by atoms with Gasteiger partial charge in [-0.2, -0.15) is 5.10 Å². The monoisotopic (exact) mass is 364 g/mol. The number of aromatic nitrogens is 3. The van der Waals surface area contributed by atoms with E-state index in [9.17, 15) is 14.7 Å². The number of amides is 1. The van der Waals surface area contributed by atoms with Crippen LogP contribution in [0.1, 0.15) is 34.9 Å². The van der Waals surface area contributed by atoms with Crippen LogP contribution in [0, 0.1) is 5.92 Å². The van der Waals surface area contributed by atoms with Crippen LogP contribution in [-0.4, -0.2) is 31.9 Å². The van der Waals surface area contributed by atoms with Crippen molar-refractivity contribution in [3.63, 3.8) is 0 Å². The fourth-order valence-electron chi connectivity index (χ4n) is 3.47. The summed E-state index contributed by atoms with van der Waals surface area (Å²) in [5.41, 5.74) is 1.68. The minimum Gasteiger partial charge on any atom is -0.393 e. The summed E-state index contributed by atoms with van der Waals surface area (Å²) in [4.78, 5) is 28.7. The first kappa shape index (κ1) is 17.4. The number of rotatable bonds is 4. The third-order valence-corrected chi connectivity index (χ3v) is 5.07. The average molecular weight is 364 g/mol. The van der Waals surface area contributed by atoms with Crippen molar-refractivity contribution in [2.24, 2.45) is 13.0 Å². The molecular weight excluding hydrogens is 344 g/mol. The van der Waals surface area contributed by atoms with Gasteiger partial charge in [-0.25, -0.2) is 4.68 Å². The highest BCUT2D eigenvalue weighted by atomic mass is 16.3. The summed E-state index contributed by atoms with van der Waals surface area (Å²) in [5.74, 6) is -0.232. The van der Waals surface area contributed by atoms with Crippen molar-refractivity contribution in [1.29, 1.82) is 0 Å². The van der Waals surface area contributed by atoms with Crippen molar-refractivity contribution >= 4 is 16.8 Å². The minimum atomic E-state index is -0.356. The van der Waals surface area contributed by atoms with Crippen LogP contribution >= 0.6 is 0 Å². The van der Waals surface area contributed by atoms with Crippen molar-refractivity contribution in [1.82, 2.24) is 20.1 Å². The summed E-state index contributed by atoms with van der Waals surface area (Å²) in [6, 6.07) is 12.3. The molecule has 0 bridgehead atoms. The summed E-state index contributed by atoms with van der Waals surface area (Å²) in [5, 5.41) is 17.8. The molecule has 7 nitrogen and oxygen atoms in total. The van der Waals surface area contributed by atoms with Crippen LogP contribution in [0.4, 0.5) is 0 Å². The van der Waals surface area contributed by atoms with E-state index in [4.69, 9.17) is 0 Å². The number of pyridine rings is 1. The second kappa shape index (κ2) is 6.92. The van der Waals surface area contributed by atoms with Crippen LogP contribution < -0.4 is 10.9 Å². The van der Waals surface area contributed by atoms with E-state index in [2.05, 4.69) is 15.4 Å². The average Bonchev–Trinajstić information content (AvgIpc) is 2.65. The molecule has 0 aliphatic heterocycles. The standard InChI is InChI=1S/C20H20N4O3/c1-24-18(26)7-6-17(23-24)20(27)22-19(13-9-15(25)10-13)14-8-12-4-2-3-5-16(12)21-11-14/h2-8,11,13,15,19,25H,9-10H2,1H3,(H,22,27). The molecule has 0 radical (unpaired) electrons. The van der Waals surface area contributed by atoms with Gasteiger partial charge < -0.3 is 10.4 Å². The first-order valence-electron chi connectivity index (χ1n) is 8.89. The molecule has 7 heteroatoms. The number of para-hydroxylation sites is 1. The highest BCUT2D eigenvalue weighted by Gasteiger charge is 2.36. The van der Waals surface area contributed by atoms with Crippen molar-refractivity contribution in [3.8, 4) is 0 Å². The summed E-state index contributed by atoms with van der Waals surface area (Å²) >= 11 is 0. The lowest BCUT2D eigenvalue weighted by molar-refractivity contribution is 0.0234. The van der Waals surface area contributed by atoms with Crippen LogP contribution in [0.2, 0.25) is 0 Å². The molecule has 138 valence electrons. The number of carbonyl (C=O) groups excluding carboxylic acids is 1. The Hall–Kier alpha value is -3.06. The van der Waals surface area contributed by atoms with Crippen molar-refractivity contribution in [2.45, 2.75) is 25.0 Å². The van der Waals surface area contributed by atoms with Gasteiger partial charge in [0, 0.05) is 24.7 Å². The molecule has 27 heavy (non-hydrogen) atoms. The summed E-state index contributed by atoms with van der Waals surface area (Å²) in [7, 11) is 1.51. The summed E-state index contributed by atoms with van der Waals surface area (Å²) < 4.78 is 1.13. The van der Waals surface area contributed by atoms with E-state index in [0.29, 0.717) is 12.8 Å². The van der Waals surface area contributed by atoms with Crippen LogP contribution in [0.5, 0.6) is 0 Å². The van der Waals surface area contributed by atoms with E-state index in [1.807, 2.05) is 30.3 Å². The third kappa shape index (κ3) is 3.46. The zero-order valence-electron chi connectivity index (χ0n) is 14.9. The number of nitrogens with one attached hydrogen (secondary N) is 1. The molecule has 4 rings (SSSR count). The first-order chi connectivity index (χ1) is 13.0. The Labute approximate surface area is 155 Å². The van der Waals surface area contributed by atoms with E-state index in [1.54, 1.807) is 6.20 Å². The second-order valence-electron chi connectivity index (χ2n) is 6.98. The number of hydrogen-bond donors (Lipinski definition) is 2. The van der Waals surface area contributed by atoms with Crippen molar-refractivity contribution < 1.29 is 9.90 Å². The van der Waals surface area contributed by atoms with Crippen LogP contribution in [0.3, 0.4) is 0 Å². The van der Waals surface area contributed by atoms with Crippen molar-refractivity contribution in [2.75, 3.05) is 0 Å². The summed E-state index contributed by atoms with van der Waals surface area (Å²) in [6.07, 6.45) is 2.68. The number of benzene rings is 1. The van der Waals surface area contributed by atoms with E-state index in [1.165, 1.54) is 19.2 Å². The quantitative estimate of drug-likeness (QED) is 0.732. The highest BCUT2D eigenvalue weighted by molar-refractivity contribution is 5.92. The predicted octanol–water partition coefficient (Wildman–Crippen LogP) is 1.57. The number of fused-ring (bicyclic) bond motifs is 1. The number of carbonyl (C=O) groups is 1. The largest absolute Gasteiger partial charge is 0.393 e. The van der Waals surface area contributed by atoms with Crippen LogP contribution in [0.15, 0.2) is 53.5 Å². The maximum Gasteiger partial charge on any atom is 0.272 e. The fraction of sp³-hybridized carbons (Fsp3) is 0.300. The van der Waals surface area contributed by atoms with E-state index in [-0.39, 0.29) is 35.2 Å². The second-order valence-corrected chi connectivity index (χ2v) is 6.98.